The van der Waals surface area contributed by atoms with Crippen molar-refractivity contribution in [2.24, 2.45) is 7.05 Å². The third kappa shape index (κ3) is 1.89. The lowest BCUT2D eigenvalue weighted by atomic mass is 10.1. The minimum absolute atomic E-state index is 0. The monoisotopic (exact) mass is 259 g/mol. The number of fused-ring (bicyclic) bond motifs is 3. The van der Waals surface area contributed by atoms with Gasteiger partial charge in [-0.15, -0.1) is 0 Å². The number of nitrogens with zero attached hydrogens (tertiary/aromatic N) is 1. The molecule has 0 unspecified atom stereocenters. The van der Waals surface area contributed by atoms with Gasteiger partial charge in [0.15, 0.2) is 6.20 Å². The Morgan fingerprint density at radius 3 is 2.56 bits per heavy atom. The molecule has 3 rings (SSSR count). The van der Waals surface area contributed by atoms with Gasteiger partial charge in [0.1, 0.15) is 12.8 Å². The van der Waals surface area contributed by atoms with E-state index in [2.05, 4.69) is 54.2 Å². The molecule has 0 N–H and O–H groups in total. The van der Waals surface area contributed by atoms with Gasteiger partial charge in [0.2, 0.25) is 5.52 Å². The quantitative estimate of drug-likeness (QED) is 0.437. The molecular formula is C15H14ClNO. The van der Waals surface area contributed by atoms with E-state index in [-0.39, 0.29) is 12.4 Å². The van der Waals surface area contributed by atoms with Crippen LogP contribution in [0.2, 0.25) is 0 Å². The minimum Gasteiger partial charge on any atom is -1.00 e. The number of benzene rings is 2. The molecule has 2 aromatic carbocycles. The van der Waals surface area contributed by atoms with Gasteiger partial charge in [-0.1, -0.05) is 18.2 Å². The van der Waals surface area contributed by atoms with Crippen LogP contribution in [0.15, 0.2) is 48.7 Å². The second kappa shape index (κ2) is 4.83. The van der Waals surface area contributed by atoms with Crippen LogP contribution in [0, 0.1) is 0 Å². The summed E-state index contributed by atoms with van der Waals surface area (Å²) in [4.78, 5) is 0. The summed E-state index contributed by atoms with van der Waals surface area (Å²) in [5.74, 6) is 0.897. The minimum atomic E-state index is 0. The predicted molar refractivity (Wildman–Crippen MR) is 69.2 cm³/mol. The first kappa shape index (κ1) is 12.7. The Balaban J connectivity index is 0.00000120. The van der Waals surface area contributed by atoms with Crippen molar-refractivity contribution < 1.29 is 21.7 Å². The highest BCUT2D eigenvalue weighted by atomic mass is 35.5. The molecule has 0 aliphatic rings. The lowest BCUT2D eigenvalue weighted by Gasteiger charge is -2.04. The van der Waals surface area contributed by atoms with Crippen molar-refractivity contribution in [1.29, 1.82) is 0 Å². The van der Waals surface area contributed by atoms with Crippen LogP contribution in [0.3, 0.4) is 0 Å². The van der Waals surface area contributed by atoms with Crippen molar-refractivity contribution in [2.75, 3.05) is 7.11 Å². The van der Waals surface area contributed by atoms with E-state index in [1.165, 1.54) is 21.7 Å². The summed E-state index contributed by atoms with van der Waals surface area (Å²) in [7, 11) is 3.77. The Bertz CT molecular complexity index is 709. The van der Waals surface area contributed by atoms with Crippen LogP contribution in [0.5, 0.6) is 5.75 Å². The summed E-state index contributed by atoms with van der Waals surface area (Å²) in [6, 6.07) is 14.6. The zero-order chi connectivity index (χ0) is 11.8. The molecule has 0 aliphatic heterocycles. The number of hydrogen-bond donors (Lipinski definition) is 0. The van der Waals surface area contributed by atoms with E-state index in [0.717, 1.165) is 5.75 Å². The summed E-state index contributed by atoms with van der Waals surface area (Å²) in [5.41, 5.74) is 1.21. The number of hydrogen-bond acceptors (Lipinski definition) is 1. The van der Waals surface area contributed by atoms with Crippen molar-refractivity contribution in [2.45, 2.75) is 0 Å². The number of aryl methyl sites for hydroxylation is 1. The maximum Gasteiger partial charge on any atom is 0.213 e. The molecule has 0 fully saturated rings. The Labute approximate surface area is 112 Å². The van der Waals surface area contributed by atoms with E-state index in [9.17, 15) is 0 Å². The van der Waals surface area contributed by atoms with Crippen LogP contribution in [0.25, 0.3) is 21.7 Å². The number of pyridine rings is 1. The summed E-state index contributed by atoms with van der Waals surface area (Å²) >= 11 is 0. The molecule has 92 valence electrons. The van der Waals surface area contributed by atoms with Gasteiger partial charge in [0.25, 0.3) is 0 Å². The SMILES string of the molecule is COc1ccc2c(c1)c1ccccc1c[n+]2C.[Cl-]. The van der Waals surface area contributed by atoms with Crippen molar-refractivity contribution in [3.8, 4) is 5.75 Å². The second-order valence-corrected chi connectivity index (χ2v) is 4.21. The number of aromatic nitrogens is 1. The third-order valence-electron chi connectivity index (χ3n) is 3.17. The van der Waals surface area contributed by atoms with Gasteiger partial charge < -0.3 is 17.1 Å². The van der Waals surface area contributed by atoms with Gasteiger partial charge in [0.05, 0.1) is 12.5 Å². The van der Waals surface area contributed by atoms with Gasteiger partial charge in [-0.2, -0.15) is 0 Å². The molecule has 2 nitrogen and oxygen atoms in total. The molecule has 0 radical (unpaired) electrons. The first-order valence-electron chi connectivity index (χ1n) is 5.65. The molecule has 3 aromatic rings. The lowest BCUT2D eigenvalue weighted by molar-refractivity contribution is -0.643. The highest BCUT2D eigenvalue weighted by molar-refractivity contribution is 6.04. The van der Waals surface area contributed by atoms with E-state index >= 15 is 0 Å². The van der Waals surface area contributed by atoms with Crippen molar-refractivity contribution in [3.63, 3.8) is 0 Å². The molecule has 0 saturated carbocycles. The van der Waals surface area contributed by atoms with E-state index in [1.54, 1.807) is 7.11 Å². The fraction of sp³-hybridized carbons (Fsp3) is 0.133. The lowest BCUT2D eigenvalue weighted by Crippen LogP contribution is -3.00. The van der Waals surface area contributed by atoms with Crippen molar-refractivity contribution in [1.82, 2.24) is 0 Å². The smallest absolute Gasteiger partial charge is 0.213 e. The number of ether oxygens (including phenoxy) is 1. The number of rotatable bonds is 1. The maximum absolute atomic E-state index is 5.30. The Morgan fingerprint density at radius 2 is 1.78 bits per heavy atom. The zero-order valence-electron chi connectivity index (χ0n) is 10.4. The summed E-state index contributed by atoms with van der Waals surface area (Å²) in [6.45, 7) is 0. The first-order valence-corrected chi connectivity index (χ1v) is 5.65. The molecule has 0 bridgehead atoms. The van der Waals surface area contributed by atoms with Gasteiger partial charge in [-0.25, -0.2) is 4.57 Å². The molecule has 1 heterocycles. The summed E-state index contributed by atoms with van der Waals surface area (Å²) in [6.07, 6.45) is 2.16. The molecule has 0 saturated heterocycles. The molecular weight excluding hydrogens is 246 g/mol. The fourth-order valence-corrected chi connectivity index (χ4v) is 2.30. The third-order valence-corrected chi connectivity index (χ3v) is 3.17. The van der Waals surface area contributed by atoms with Crippen LogP contribution in [0.1, 0.15) is 0 Å². The highest BCUT2D eigenvalue weighted by Crippen LogP contribution is 2.25. The van der Waals surface area contributed by atoms with E-state index < -0.39 is 0 Å². The Hall–Kier alpha value is -1.80. The second-order valence-electron chi connectivity index (χ2n) is 4.21. The fourth-order valence-electron chi connectivity index (χ4n) is 2.30. The first-order chi connectivity index (χ1) is 8.29. The molecule has 1 aromatic heterocycles. The van der Waals surface area contributed by atoms with E-state index in [0.29, 0.717) is 0 Å². The molecule has 3 heteroatoms. The summed E-state index contributed by atoms with van der Waals surface area (Å²) < 4.78 is 7.45. The van der Waals surface area contributed by atoms with E-state index in [1.807, 2.05) is 6.07 Å². The predicted octanol–water partition coefficient (Wildman–Crippen LogP) is -0.170. The molecule has 0 aliphatic carbocycles. The molecule has 0 amide bonds. The highest BCUT2D eigenvalue weighted by Gasteiger charge is 2.10. The van der Waals surface area contributed by atoms with Crippen LogP contribution in [0.4, 0.5) is 0 Å². The standard InChI is InChI=1S/C15H14NO.ClH/c1-16-10-11-5-3-4-6-13(11)14-9-12(17-2)7-8-15(14)16;/h3-10H,1-2H3;1H/q+1;/p-1. The Kier molecular flexibility index (Phi) is 3.39. The topological polar surface area (TPSA) is 13.1 Å². The molecule has 0 atom stereocenters. The van der Waals surface area contributed by atoms with Crippen LogP contribution >= 0.6 is 0 Å². The number of halogens is 1. The van der Waals surface area contributed by atoms with Gasteiger partial charge >= 0.3 is 0 Å². The largest absolute Gasteiger partial charge is 1.00 e. The molecule has 0 spiro atoms. The number of methoxy groups -OCH3 is 1. The zero-order valence-corrected chi connectivity index (χ0v) is 11.1. The summed E-state index contributed by atoms with van der Waals surface area (Å²) in [5, 5.41) is 3.74. The van der Waals surface area contributed by atoms with Gasteiger partial charge in [-0.05, 0) is 18.2 Å². The normalized spacial score (nSPS) is 10.3. The van der Waals surface area contributed by atoms with Crippen LogP contribution < -0.4 is 21.7 Å². The van der Waals surface area contributed by atoms with Crippen molar-refractivity contribution in [3.05, 3.63) is 48.7 Å². The van der Waals surface area contributed by atoms with Crippen molar-refractivity contribution >= 4 is 21.7 Å². The Morgan fingerprint density at radius 1 is 1.00 bits per heavy atom. The van der Waals surface area contributed by atoms with Gasteiger partial charge in [-0.3, -0.25) is 0 Å². The molecule has 18 heavy (non-hydrogen) atoms. The van der Waals surface area contributed by atoms with Crippen LogP contribution in [-0.4, -0.2) is 7.11 Å². The van der Waals surface area contributed by atoms with Crippen LogP contribution in [-0.2, 0) is 7.05 Å². The maximum atomic E-state index is 5.30. The van der Waals surface area contributed by atoms with E-state index in [4.69, 9.17) is 4.74 Å². The average Bonchev–Trinajstić information content (AvgIpc) is 2.38. The van der Waals surface area contributed by atoms with Gasteiger partial charge in [0, 0.05) is 16.8 Å². The average molecular weight is 260 g/mol.